The first-order valence-electron chi connectivity index (χ1n) is 6.86. The lowest BCUT2D eigenvalue weighted by atomic mass is 10.1. The summed E-state index contributed by atoms with van der Waals surface area (Å²) < 4.78 is 37.3. The molecule has 1 aliphatic rings. The Morgan fingerprint density at radius 1 is 1.24 bits per heavy atom. The fraction of sp³-hybridized carbons (Fsp3) is 0.571. The number of hydrogen-bond donors (Lipinski definition) is 1. The summed E-state index contributed by atoms with van der Waals surface area (Å²) in [5.74, 6) is 0.979. The molecule has 0 radical (unpaired) electrons. The monoisotopic (exact) mass is 315 g/mol. The van der Waals surface area contributed by atoms with Gasteiger partial charge in [-0.1, -0.05) is 6.92 Å². The van der Waals surface area contributed by atoms with Gasteiger partial charge in [0, 0.05) is 19.2 Å². The van der Waals surface area contributed by atoms with Crippen molar-refractivity contribution in [1.29, 1.82) is 0 Å². The molecule has 1 aromatic carbocycles. The molecule has 1 aliphatic heterocycles. The fourth-order valence-corrected chi connectivity index (χ4v) is 3.75. The van der Waals surface area contributed by atoms with Crippen LogP contribution < -0.4 is 9.47 Å². The van der Waals surface area contributed by atoms with E-state index in [0.29, 0.717) is 24.7 Å². The summed E-state index contributed by atoms with van der Waals surface area (Å²) >= 11 is 0. The molecule has 0 saturated carbocycles. The van der Waals surface area contributed by atoms with Crippen LogP contribution in [0.2, 0.25) is 0 Å². The Labute approximate surface area is 125 Å². The molecule has 118 valence electrons. The molecule has 0 aliphatic carbocycles. The van der Waals surface area contributed by atoms with Crippen molar-refractivity contribution in [2.24, 2.45) is 0 Å². The minimum atomic E-state index is -3.68. The summed E-state index contributed by atoms with van der Waals surface area (Å²) in [6, 6.07) is 4.56. The summed E-state index contributed by atoms with van der Waals surface area (Å²) in [6.07, 6.45) is 0. The topological polar surface area (TPSA) is 76.1 Å². The van der Waals surface area contributed by atoms with E-state index in [-0.39, 0.29) is 18.0 Å². The SMILES string of the molecule is CCN(CC(C)(C)O)S(=O)(=O)c1ccc2c(c1)OCCO2. The van der Waals surface area contributed by atoms with Crippen molar-refractivity contribution in [3.8, 4) is 11.5 Å². The van der Waals surface area contributed by atoms with Gasteiger partial charge in [0.2, 0.25) is 10.0 Å². The van der Waals surface area contributed by atoms with Crippen LogP contribution in [0.25, 0.3) is 0 Å². The van der Waals surface area contributed by atoms with Crippen LogP contribution in [0.4, 0.5) is 0 Å². The summed E-state index contributed by atoms with van der Waals surface area (Å²) in [5.41, 5.74) is -1.10. The van der Waals surface area contributed by atoms with Gasteiger partial charge in [0.25, 0.3) is 0 Å². The third-order valence-electron chi connectivity index (χ3n) is 3.07. The molecular weight excluding hydrogens is 294 g/mol. The number of sulfonamides is 1. The first-order chi connectivity index (χ1) is 9.74. The maximum absolute atomic E-state index is 12.6. The van der Waals surface area contributed by atoms with Crippen molar-refractivity contribution in [1.82, 2.24) is 4.31 Å². The van der Waals surface area contributed by atoms with Gasteiger partial charge in [-0.15, -0.1) is 0 Å². The minimum Gasteiger partial charge on any atom is -0.486 e. The highest BCUT2D eigenvalue weighted by atomic mass is 32.2. The second-order valence-electron chi connectivity index (χ2n) is 5.55. The molecule has 0 amide bonds. The summed E-state index contributed by atoms with van der Waals surface area (Å²) in [6.45, 7) is 6.06. The molecule has 1 aromatic rings. The molecule has 0 saturated heterocycles. The van der Waals surface area contributed by atoms with E-state index >= 15 is 0 Å². The van der Waals surface area contributed by atoms with E-state index in [4.69, 9.17) is 9.47 Å². The van der Waals surface area contributed by atoms with Crippen molar-refractivity contribution in [2.75, 3.05) is 26.3 Å². The number of nitrogens with zero attached hydrogens (tertiary/aromatic N) is 1. The molecule has 0 atom stereocenters. The number of fused-ring (bicyclic) bond motifs is 1. The zero-order valence-corrected chi connectivity index (χ0v) is 13.3. The Bertz CT molecular complexity index is 606. The lowest BCUT2D eigenvalue weighted by Crippen LogP contribution is -2.42. The van der Waals surface area contributed by atoms with Gasteiger partial charge in [-0.05, 0) is 26.0 Å². The Kier molecular flexibility index (Phi) is 4.46. The number of aliphatic hydroxyl groups is 1. The van der Waals surface area contributed by atoms with Gasteiger partial charge in [-0.3, -0.25) is 0 Å². The molecule has 1 heterocycles. The van der Waals surface area contributed by atoms with Crippen molar-refractivity contribution < 1.29 is 23.0 Å². The van der Waals surface area contributed by atoms with Gasteiger partial charge in [0.15, 0.2) is 11.5 Å². The Balaban J connectivity index is 2.34. The van der Waals surface area contributed by atoms with Gasteiger partial charge in [0.1, 0.15) is 13.2 Å². The van der Waals surface area contributed by atoms with Crippen molar-refractivity contribution >= 4 is 10.0 Å². The van der Waals surface area contributed by atoms with Gasteiger partial charge < -0.3 is 14.6 Å². The molecule has 0 aromatic heterocycles. The molecule has 0 bridgehead atoms. The lowest BCUT2D eigenvalue weighted by molar-refractivity contribution is 0.0601. The van der Waals surface area contributed by atoms with Crippen LogP contribution in [0.15, 0.2) is 23.1 Å². The van der Waals surface area contributed by atoms with Crippen molar-refractivity contribution in [3.63, 3.8) is 0 Å². The molecular formula is C14H21NO5S. The van der Waals surface area contributed by atoms with E-state index in [1.54, 1.807) is 26.8 Å². The predicted molar refractivity (Wildman–Crippen MR) is 78.2 cm³/mol. The molecule has 7 heteroatoms. The molecule has 21 heavy (non-hydrogen) atoms. The molecule has 1 N–H and O–H groups in total. The predicted octanol–water partition coefficient (Wildman–Crippen LogP) is 1.24. The normalized spacial score (nSPS) is 15.3. The molecule has 0 fully saturated rings. The Hall–Kier alpha value is -1.31. The van der Waals surface area contributed by atoms with Crippen LogP contribution in [-0.2, 0) is 10.0 Å². The second-order valence-corrected chi connectivity index (χ2v) is 7.49. The average Bonchev–Trinajstić information content (AvgIpc) is 2.43. The highest BCUT2D eigenvalue weighted by molar-refractivity contribution is 7.89. The second kappa shape index (κ2) is 5.82. The van der Waals surface area contributed by atoms with Crippen LogP contribution in [0.1, 0.15) is 20.8 Å². The van der Waals surface area contributed by atoms with E-state index in [9.17, 15) is 13.5 Å². The van der Waals surface area contributed by atoms with Crippen molar-refractivity contribution in [2.45, 2.75) is 31.3 Å². The quantitative estimate of drug-likeness (QED) is 0.885. The van der Waals surface area contributed by atoms with Crippen LogP contribution in [0, 0.1) is 0 Å². The van der Waals surface area contributed by atoms with E-state index in [2.05, 4.69) is 0 Å². The first-order valence-corrected chi connectivity index (χ1v) is 8.30. The third-order valence-corrected chi connectivity index (χ3v) is 4.98. The Morgan fingerprint density at radius 2 is 1.86 bits per heavy atom. The average molecular weight is 315 g/mol. The van der Waals surface area contributed by atoms with E-state index in [1.165, 1.54) is 16.4 Å². The van der Waals surface area contributed by atoms with Gasteiger partial charge in [-0.25, -0.2) is 8.42 Å². The number of benzene rings is 1. The van der Waals surface area contributed by atoms with E-state index in [1.807, 2.05) is 0 Å². The number of ether oxygens (including phenoxy) is 2. The largest absolute Gasteiger partial charge is 0.486 e. The van der Waals surface area contributed by atoms with E-state index < -0.39 is 15.6 Å². The zero-order valence-electron chi connectivity index (χ0n) is 12.5. The fourth-order valence-electron chi connectivity index (χ4n) is 2.13. The standard InChI is InChI=1S/C14H21NO5S/c1-4-15(10-14(2,3)16)21(17,18)11-5-6-12-13(9-11)20-8-7-19-12/h5-6,9,16H,4,7-8,10H2,1-3H3. The summed E-state index contributed by atoms with van der Waals surface area (Å²) in [7, 11) is -3.68. The smallest absolute Gasteiger partial charge is 0.243 e. The Morgan fingerprint density at radius 3 is 2.43 bits per heavy atom. The van der Waals surface area contributed by atoms with Crippen molar-refractivity contribution in [3.05, 3.63) is 18.2 Å². The van der Waals surface area contributed by atoms with Crippen LogP contribution >= 0.6 is 0 Å². The summed E-state index contributed by atoms with van der Waals surface area (Å²) in [5, 5.41) is 9.87. The zero-order chi connectivity index (χ0) is 15.7. The highest BCUT2D eigenvalue weighted by Gasteiger charge is 2.29. The minimum absolute atomic E-state index is 0.0281. The maximum Gasteiger partial charge on any atom is 0.243 e. The molecule has 2 rings (SSSR count). The molecule has 0 unspecified atom stereocenters. The van der Waals surface area contributed by atoms with Gasteiger partial charge >= 0.3 is 0 Å². The number of likely N-dealkylation sites (N-methyl/N-ethyl adjacent to an activating group) is 1. The first kappa shape index (κ1) is 16.1. The number of rotatable bonds is 5. The number of hydrogen-bond acceptors (Lipinski definition) is 5. The highest BCUT2D eigenvalue weighted by Crippen LogP contribution is 2.33. The van der Waals surface area contributed by atoms with Crippen LogP contribution in [0.3, 0.4) is 0 Å². The van der Waals surface area contributed by atoms with Crippen LogP contribution in [-0.4, -0.2) is 49.7 Å². The van der Waals surface area contributed by atoms with Gasteiger partial charge in [0.05, 0.1) is 10.5 Å². The summed E-state index contributed by atoms with van der Waals surface area (Å²) in [4.78, 5) is 0.137. The van der Waals surface area contributed by atoms with Gasteiger partial charge in [-0.2, -0.15) is 4.31 Å². The molecule has 6 nitrogen and oxygen atoms in total. The molecule has 0 spiro atoms. The lowest BCUT2D eigenvalue weighted by Gasteiger charge is -2.28. The van der Waals surface area contributed by atoms with E-state index in [0.717, 1.165) is 0 Å². The third kappa shape index (κ3) is 3.66. The van der Waals surface area contributed by atoms with Crippen LogP contribution in [0.5, 0.6) is 11.5 Å². The maximum atomic E-state index is 12.6.